The van der Waals surface area contributed by atoms with Crippen LogP contribution in [-0.2, 0) is 20.7 Å². The van der Waals surface area contributed by atoms with Crippen molar-refractivity contribution < 1.29 is 14.3 Å². The minimum absolute atomic E-state index is 0.323. The van der Waals surface area contributed by atoms with E-state index in [1.165, 1.54) is 6.08 Å². The predicted octanol–water partition coefficient (Wildman–Crippen LogP) is 4.52. The van der Waals surface area contributed by atoms with E-state index in [2.05, 4.69) is 21.2 Å². The van der Waals surface area contributed by atoms with Gasteiger partial charge in [0.15, 0.2) is 6.61 Å². The minimum atomic E-state index is -0.564. The van der Waals surface area contributed by atoms with Crippen molar-refractivity contribution in [2.24, 2.45) is 0 Å². The molecule has 0 aliphatic heterocycles. The molecular weight excluding hydrogens is 382 g/mol. The normalized spacial score (nSPS) is 10.7. The van der Waals surface area contributed by atoms with E-state index in [1.807, 2.05) is 56.3 Å². The summed E-state index contributed by atoms with van der Waals surface area (Å²) in [6.07, 6.45) is 3.76. The molecule has 0 aliphatic rings. The zero-order valence-electron chi connectivity index (χ0n) is 14.2. The summed E-state index contributed by atoms with van der Waals surface area (Å²) in [5.41, 5.74) is 3.67. The van der Waals surface area contributed by atoms with E-state index < -0.39 is 5.97 Å². The summed E-state index contributed by atoms with van der Waals surface area (Å²) in [5.74, 6) is -0.918. The second-order valence-electron chi connectivity index (χ2n) is 5.47. The van der Waals surface area contributed by atoms with Crippen LogP contribution in [0.2, 0.25) is 0 Å². The highest BCUT2D eigenvalue weighted by Crippen LogP contribution is 2.21. The first kappa shape index (κ1) is 18.9. The van der Waals surface area contributed by atoms with Gasteiger partial charge in [-0.15, -0.1) is 0 Å². The molecule has 0 aromatic heterocycles. The maximum atomic E-state index is 12.0. The Kier molecular flexibility index (Phi) is 6.95. The number of halogens is 1. The number of esters is 1. The van der Waals surface area contributed by atoms with Gasteiger partial charge in [0.25, 0.3) is 5.91 Å². The maximum absolute atomic E-state index is 12.0. The number of ether oxygens (including phenoxy) is 1. The molecule has 5 heteroatoms. The highest BCUT2D eigenvalue weighted by atomic mass is 79.9. The van der Waals surface area contributed by atoms with Crippen LogP contribution in [0.25, 0.3) is 6.08 Å². The van der Waals surface area contributed by atoms with Crippen LogP contribution in [0.4, 0.5) is 5.69 Å². The summed E-state index contributed by atoms with van der Waals surface area (Å²) < 4.78 is 5.88. The van der Waals surface area contributed by atoms with Gasteiger partial charge >= 0.3 is 5.97 Å². The van der Waals surface area contributed by atoms with E-state index in [4.69, 9.17) is 4.74 Å². The van der Waals surface area contributed by atoms with Crippen LogP contribution in [0.5, 0.6) is 0 Å². The van der Waals surface area contributed by atoms with E-state index in [0.29, 0.717) is 0 Å². The summed E-state index contributed by atoms with van der Waals surface area (Å²) in [6.45, 7) is 3.63. The number of anilines is 1. The number of nitrogens with one attached hydrogen (secondary N) is 1. The smallest absolute Gasteiger partial charge is 0.331 e. The molecule has 0 spiro atoms. The molecule has 130 valence electrons. The number of hydrogen-bond acceptors (Lipinski definition) is 3. The predicted molar refractivity (Wildman–Crippen MR) is 103 cm³/mol. The van der Waals surface area contributed by atoms with E-state index in [1.54, 1.807) is 6.08 Å². The molecule has 0 saturated heterocycles. The molecule has 0 bridgehead atoms. The maximum Gasteiger partial charge on any atom is 0.331 e. The van der Waals surface area contributed by atoms with Gasteiger partial charge in [0.2, 0.25) is 0 Å². The number of amides is 1. The van der Waals surface area contributed by atoms with Gasteiger partial charge in [0.1, 0.15) is 0 Å². The summed E-state index contributed by atoms with van der Waals surface area (Å²) in [5, 5.41) is 2.82. The van der Waals surface area contributed by atoms with Crippen LogP contribution < -0.4 is 5.32 Å². The Hall–Kier alpha value is -2.40. The van der Waals surface area contributed by atoms with Gasteiger partial charge in [0, 0.05) is 16.2 Å². The van der Waals surface area contributed by atoms with Gasteiger partial charge in [-0.2, -0.15) is 0 Å². The third kappa shape index (κ3) is 5.57. The Morgan fingerprint density at radius 1 is 1.16 bits per heavy atom. The lowest BCUT2D eigenvalue weighted by Gasteiger charge is -2.12. The molecule has 0 heterocycles. The fourth-order valence-corrected chi connectivity index (χ4v) is 2.75. The lowest BCUT2D eigenvalue weighted by atomic mass is 10.1. The zero-order valence-corrected chi connectivity index (χ0v) is 15.8. The van der Waals surface area contributed by atoms with Crippen molar-refractivity contribution in [3.05, 3.63) is 69.7 Å². The number of rotatable bonds is 6. The second kappa shape index (κ2) is 9.18. The summed E-state index contributed by atoms with van der Waals surface area (Å²) in [7, 11) is 0. The van der Waals surface area contributed by atoms with Crippen molar-refractivity contribution in [3.63, 3.8) is 0 Å². The Balaban J connectivity index is 1.90. The van der Waals surface area contributed by atoms with Crippen LogP contribution in [0.3, 0.4) is 0 Å². The fourth-order valence-electron chi connectivity index (χ4n) is 2.33. The Labute approximate surface area is 156 Å². The number of carbonyl (C=O) groups is 2. The lowest BCUT2D eigenvalue weighted by Crippen LogP contribution is -2.21. The van der Waals surface area contributed by atoms with Gasteiger partial charge < -0.3 is 10.1 Å². The topological polar surface area (TPSA) is 55.4 Å². The van der Waals surface area contributed by atoms with Crippen LogP contribution in [-0.4, -0.2) is 18.5 Å². The number of para-hydroxylation sites is 1. The molecule has 1 N–H and O–H groups in total. The first-order chi connectivity index (χ1) is 12.0. The number of aryl methyl sites for hydroxylation is 2. The van der Waals surface area contributed by atoms with Crippen molar-refractivity contribution in [2.45, 2.75) is 20.3 Å². The standard InChI is InChI=1S/C20H20BrNO3/c1-3-15-9-6-7-14(2)20(15)22-18(23)13-25-19(24)12-11-16-8-4-5-10-17(16)21/h4-12H,3,13H2,1-2H3,(H,22,23)/b12-11+. The Morgan fingerprint density at radius 3 is 2.64 bits per heavy atom. The number of benzene rings is 2. The molecule has 4 nitrogen and oxygen atoms in total. The van der Waals surface area contributed by atoms with Gasteiger partial charge in [0.05, 0.1) is 0 Å². The Morgan fingerprint density at radius 2 is 1.92 bits per heavy atom. The first-order valence-corrected chi connectivity index (χ1v) is 8.78. The SMILES string of the molecule is CCc1cccc(C)c1NC(=O)COC(=O)/C=C/c1ccccc1Br. The molecule has 0 radical (unpaired) electrons. The fraction of sp³-hybridized carbons (Fsp3) is 0.200. The molecule has 0 saturated carbocycles. The van der Waals surface area contributed by atoms with Crippen LogP contribution in [0.15, 0.2) is 53.0 Å². The number of hydrogen-bond donors (Lipinski definition) is 1. The summed E-state index contributed by atoms with van der Waals surface area (Å²) >= 11 is 3.40. The van der Waals surface area contributed by atoms with E-state index in [9.17, 15) is 9.59 Å². The third-order valence-electron chi connectivity index (χ3n) is 3.65. The van der Waals surface area contributed by atoms with E-state index >= 15 is 0 Å². The van der Waals surface area contributed by atoms with Gasteiger partial charge in [-0.05, 0) is 42.2 Å². The third-order valence-corrected chi connectivity index (χ3v) is 4.38. The highest BCUT2D eigenvalue weighted by Gasteiger charge is 2.10. The molecule has 0 aliphatic carbocycles. The molecular formula is C20H20BrNO3. The average Bonchev–Trinajstić information content (AvgIpc) is 2.61. The molecule has 2 rings (SSSR count). The van der Waals surface area contributed by atoms with Gasteiger partial charge in [-0.1, -0.05) is 59.3 Å². The van der Waals surface area contributed by atoms with Gasteiger partial charge in [-0.3, -0.25) is 4.79 Å². The molecule has 25 heavy (non-hydrogen) atoms. The second-order valence-corrected chi connectivity index (χ2v) is 6.33. The number of carbonyl (C=O) groups excluding carboxylic acids is 2. The van der Waals surface area contributed by atoms with Gasteiger partial charge in [-0.25, -0.2) is 4.79 Å². The first-order valence-electron chi connectivity index (χ1n) is 7.99. The largest absolute Gasteiger partial charge is 0.452 e. The Bertz CT molecular complexity index is 799. The average molecular weight is 402 g/mol. The molecule has 2 aromatic carbocycles. The van der Waals surface area contributed by atoms with Crippen molar-refractivity contribution in [3.8, 4) is 0 Å². The highest BCUT2D eigenvalue weighted by molar-refractivity contribution is 9.10. The summed E-state index contributed by atoms with van der Waals surface area (Å²) in [4.78, 5) is 23.8. The van der Waals surface area contributed by atoms with Crippen molar-refractivity contribution in [1.82, 2.24) is 0 Å². The molecule has 1 amide bonds. The molecule has 2 aromatic rings. The van der Waals surface area contributed by atoms with Crippen molar-refractivity contribution in [1.29, 1.82) is 0 Å². The zero-order chi connectivity index (χ0) is 18.2. The van der Waals surface area contributed by atoms with Crippen LogP contribution >= 0.6 is 15.9 Å². The van der Waals surface area contributed by atoms with E-state index in [0.717, 1.165) is 33.3 Å². The van der Waals surface area contributed by atoms with Crippen LogP contribution in [0.1, 0.15) is 23.6 Å². The van der Waals surface area contributed by atoms with Crippen LogP contribution in [0, 0.1) is 6.92 Å². The van der Waals surface area contributed by atoms with E-state index in [-0.39, 0.29) is 12.5 Å². The molecule has 0 unspecified atom stereocenters. The lowest BCUT2D eigenvalue weighted by molar-refractivity contribution is -0.142. The minimum Gasteiger partial charge on any atom is -0.452 e. The summed E-state index contributed by atoms with van der Waals surface area (Å²) in [6, 6.07) is 13.4. The van der Waals surface area contributed by atoms with Crippen molar-refractivity contribution in [2.75, 3.05) is 11.9 Å². The molecule has 0 atom stereocenters. The monoisotopic (exact) mass is 401 g/mol. The quantitative estimate of drug-likeness (QED) is 0.571. The molecule has 0 fully saturated rings. The van der Waals surface area contributed by atoms with Crippen molar-refractivity contribution >= 4 is 39.6 Å².